The second-order valence-corrected chi connectivity index (χ2v) is 6.26. The van der Waals surface area contributed by atoms with Gasteiger partial charge < -0.3 is 4.74 Å². The minimum Gasteiger partial charge on any atom is -0.495 e. The quantitative estimate of drug-likeness (QED) is 0.623. The van der Waals surface area contributed by atoms with Crippen LogP contribution in [0.4, 0.5) is 5.69 Å². The number of benzene rings is 1. The second kappa shape index (κ2) is 4.34. The van der Waals surface area contributed by atoms with Crippen molar-refractivity contribution < 1.29 is 14.3 Å². The van der Waals surface area contributed by atoms with E-state index in [-0.39, 0.29) is 35.5 Å². The highest BCUT2D eigenvalue weighted by Crippen LogP contribution is 2.54. The summed E-state index contributed by atoms with van der Waals surface area (Å²) in [5, 5.41) is 0.476. The van der Waals surface area contributed by atoms with Crippen LogP contribution < -0.4 is 9.64 Å². The molecule has 21 heavy (non-hydrogen) atoms. The van der Waals surface area contributed by atoms with Crippen molar-refractivity contribution in [3.05, 3.63) is 35.4 Å². The maximum absolute atomic E-state index is 12.7. The number of amides is 2. The van der Waals surface area contributed by atoms with Gasteiger partial charge in [0.05, 0.1) is 24.6 Å². The van der Waals surface area contributed by atoms with Gasteiger partial charge in [-0.25, -0.2) is 4.90 Å². The first-order chi connectivity index (χ1) is 10.1. The topological polar surface area (TPSA) is 46.6 Å². The van der Waals surface area contributed by atoms with Gasteiger partial charge in [0, 0.05) is 5.02 Å². The summed E-state index contributed by atoms with van der Waals surface area (Å²) >= 11 is 6.02. The number of hydrogen-bond acceptors (Lipinski definition) is 3. The highest BCUT2D eigenvalue weighted by molar-refractivity contribution is 6.31. The maximum atomic E-state index is 12.7. The van der Waals surface area contributed by atoms with Gasteiger partial charge >= 0.3 is 0 Å². The first-order valence-corrected chi connectivity index (χ1v) is 7.39. The van der Waals surface area contributed by atoms with Crippen molar-refractivity contribution in [1.29, 1.82) is 0 Å². The van der Waals surface area contributed by atoms with Gasteiger partial charge in [-0.05, 0) is 36.5 Å². The number of imide groups is 1. The fraction of sp³-hybridized carbons (Fsp3) is 0.375. The van der Waals surface area contributed by atoms with Crippen molar-refractivity contribution in [2.24, 2.45) is 23.7 Å². The van der Waals surface area contributed by atoms with E-state index in [2.05, 4.69) is 12.2 Å². The van der Waals surface area contributed by atoms with Crippen LogP contribution in [0, 0.1) is 23.7 Å². The number of carbonyl (C=O) groups excluding carboxylic acids is 2. The molecule has 1 aliphatic heterocycles. The SMILES string of the molecule is COc1ccc(Cl)cc1N1C(=O)[C@@H]2[C@@H](C1=O)[C@H]1C=C[C@H]2C1. The van der Waals surface area contributed by atoms with Gasteiger partial charge in [-0.3, -0.25) is 9.59 Å². The zero-order valence-corrected chi connectivity index (χ0v) is 12.2. The molecule has 4 rings (SSSR count). The van der Waals surface area contributed by atoms with E-state index >= 15 is 0 Å². The lowest BCUT2D eigenvalue weighted by Crippen LogP contribution is -2.33. The van der Waals surface area contributed by atoms with Crippen LogP contribution in [-0.2, 0) is 9.59 Å². The predicted molar refractivity (Wildman–Crippen MR) is 78.2 cm³/mol. The van der Waals surface area contributed by atoms with Crippen LogP contribution in [0.5, 0.6) is 5.75 Å². The number of carbonyl (C=O) groups is 2. The number of halogens is 1. The van der Waals surface area contributed by atoms with Crippen molar-refractivity contribution in [3.63, 3.8) is 0 Å². The highest BCUT2D eigenvalue weighted by atomic mass is 35.5. The van der Waals surface area contributed by atoms with E-state index in [0.717, 1.165) is 6.42 Å². The molecular weight excluding hydrogens is 290 g/mol. The Hall–Kier alpha value is -1.81. The van der Waals surface area contributed by atoms with Crippen LogP contribution in [0.25, 0.3) is 0 Å². The molecule has 2 aliphatic carbocycles. The summed E-state index contributed by atoms with van der Waals surface area (Å²) in [7, 11) is 1.52. The molecule has 3 aliphatic rings. The Morgan fingerprint density at radius 1 is 1.14 bits per heavy atom. The van der Waals surface area contributed by atoms with E-state index in [1.165, 1.54) is 12.0 Å². The zero-order chi connectivity index (χ0) is 14.7. The smallest absolute Gasteiger partial charge is 0.238 e. The predicted octanol–water partition coefficient (Wildman–Crippen LogP) is 2.66. The summed E-state index contributed by atoms with van der Waals surface area (Å²) in [6.45, 7) is 0. The summed E-state index contributed by atoms with van der Waals surface area (Å²) < 4.78 is 5.28. The molecule has 2 fully saturated rings. The van der Waals surface area contributed by atoms with Crippen molar-refractivity contribution >= 4 is 29.1 Å². The molecule has 0 spiro atoms. The van der Waals surface area contributed by atoms with E-state index in [4.69, 9.17) is 16.3 Å². The molecule has 0 N–H and O–H groups in total. The van der Waals surface area contributed by atoms with E-state index in [1.54, 1.807) is 18.2 Å². The third-order valence-electron chi connectivity index (χ3n) is 4.85. The van der Waals surface area contributed by atoms with Gasteiger partial charge in [0.25, 0.3) is 0 Å². The van der Waals surface area contributed by atoms with Crippen LogP contribution in [0.15, 0.2) is 30.4 Å². The Bertz CT molecular complexity index is 654. The molecule has 2 amide bonds. The molecule has 2 bridgehead atoms. The van der Waals surface area contributed by atoms with Crippen molar-refractivity contribution in [2.75, 3.05) is 12.0 Å². The second-order valence-electron chi connectivity index (χ2n) is 5.83. The third-order valence-corrected chi connectivity index (χ3v) is 5.09. The van der Waals surface area contributed by atoms with Crippen LogP contribution in [0.3, 0.4) is 0 Å². The lowest BCUT2D eigenvalue weighted by atomic mass is 9.85. The highest BCUT2D eigenvalue weighted by Gasteiger charge is 2.59. The van der Waals surface area contributed by atoms with Crippen LogP contribution in [-0.4, -0.2) is 18.9 Å². The fourth-order valence-electron chi connectivity index (χ4n) is 3.98. The van der Waals surface area contributed by atoms with E-state index in [0.29, 0.717) is 16.5 Å². The molecule has 5 heteroatoms. The van der Waals surface area contributed by atoms with E-state index in [1.807, 2.05) is 0 Å². The lowest BCUT2D eigenvalue weighted by molar-refractivity contribution is -0.123. The minimum absolute atomic E-state index is 0.123. The normalized spacial score (nSPS) is 33.0. The van der Waals surface area contributed by atoms with Gasteiger partial charge in [0.15, 0.2) is 0 Å². The number of nitrogens with zero attached hydrogens (tertiary/aromatic N) is 1. The van der Waals surface area contributed by atoms with Crippen molar-refractivity contribution in [1.82, 2.24) is 0 Å². The summed E-state index contributed by atoms with van der Waals surface area (Å²) in [5.41, 5.74) is 0.453. The van der Waals surface area contributed by atoms with Gasteiger partial charge in [0.1, 0.15) is 5.75 Å². The molecule has 0 aromatic heterocycles. The summed E-state index contributed by atoms with van der Waals surface area (Å²) in [4.78, 5) is 26.7. The van der Waals surface area contributed by atoms with Gasteiger partial charge in [-0.1, -0.05) is 23.8 Å². The Morgan fingerprint density at radius 2 is 1.76 bits per heavy atom. The largest absolute Gasteiger partial charge is 0.495 e. The Labute approximate surface area is 127 Å². The summed E-state index contributed by atoms with van der Waals surface area (Å²) in [6, 6.07) is 4.98. The molecule has 1 heterocycles. The Balaban J connectivity index is 1.79. The van der Waals surface area contributed by atoms with Crippen LogP contribution >= 0.6 is 11.6 Å². The monoisotopic (exact) mass is 303 g/mol. The van der Waals surface area contributed by atoms with E-state index in [9.17, 15) is 9.59 Å². The average molecular weight is 304 g/mol. The molecule has 1 saturated heterocycles. The van der Waals surface area contributed by atoms with Crippen molar-refractivity contribution in [3.8, 4) is 5.75 Å². The summed E-state index contributed by atoms with van der Waals surface area (Å²) in [5.74, 6) is 0.219. The molecule has 4 nitrogen and oxygen atoms in total. The molecule has 108 valence electrons. The zero-order valence-electron chi connectivity index (χ0n) is 11.5. The van der Waals surface area contributed by atoms with E-state index < -0.39 is 0 Å². The Kier molecular flexibility index (Phi) is 2.67. The van der Waals surface area contributed by atoms with Crippen molar-refractivity contribution in [2.45, 2.75) is 6.42 Å². The first kappa shape index (κ1) is 12.9. The summed E-state index contributed by atoms with van der Waals surface area (Å²) in [6.07, 6.45) is 5.08. The molecule has 4 atom stereocenters. The average Bonchev–Trinajstić information content (AvgIpc) is 3.13. The lowest BCUT2D eigenvalue weighted by Gasteiger charge is -2.20. The van der Waals surface area contributed by atoms with Gasteiger partial charge in [-0.15, -0.1) is 0 Å². The minimum atomic E-state index is -0.212. The van der Waals surface area contributed by atoms with Crippen LogP contribution in [0.2, 0.25) is 5.02 Å². The van der Waals surface area contributed by atoms with Gasteiger partial charge in [0.2, 0.25) is 11.8 Å². The number of ether oxygens (including phenoxy) is 1. The number of allylic oxidation sites excluding steroid dienone is 2. The molecule has 0 unspecified atom stereocenters. The Morgan fingerprint density at radius 3 is 2.33 bits per heavy atom. The molecule has 1 saturated carbocycles. The number of rotatable bonds is 2. The fourth-order valence-corrected chi connectivity index (χ4v) is 4.14. The maximum Gasteiger partial charge on any atom is 0.238 e. The number of hydrogen-bond donors (Lipinski definition) is 0. The van der Waals surface area contributed by atoms with Gasteiger partial charge in [-0.2, -0.15) is 0 Å². The first-order valence-electron chi connectivity index (χ1n) is 7.01. The molecule has 0 radical (unpaired) electrons. The molecule has 1 aromatic rings. The standard InChI is InChI=1S/C16H14ClNO3/c1-21-12-5-4-10(17)7-11(12)18-15(19)13-8-2-3-9(6-8)14(13)16(18)20/h2-5,7-9,13-14H,6H2,1H3/t8-,9-,13-,14-/m0/s1. The number of fused-ring (bicyclic) bond motifs is 5. The number of anilines is 1. The number of methoxy groups -OCH3 is 1. The third kappa shape index (κ3) is 1.62. The van der Waals surface area contributed by atoms with Crippen LogP contribution in [0.1, 0.15) is 6.42 Å². The molecular formula is C16H14ClNO3. The molecule has 1 aromatic carbocycles.